The molecule has 0 saturated heterocycles. The number of benzene rings is 2. The van der Waals surface area contributed by atoms with E-state index in [2.05, 4.69) is 16.4 Å². The molecule has 2 aromatic carbocycles. The fraction of sp³-hybridized carbons (Fsp3) is 0.391. The number of carbonyl (C=O) groups excluding carboxylic acids is 1. The number of nitrogens with zero attached hydrogens (tertiary/aromatic N) is 3. The van der Waals surface area contributed by atoms with Gasteiger partial charge in [-0.1, -0.05) is 17.7 Å². The van der Waals surface area contributed by atoms with Gasteiger partial charge in [-0.05, 0) is 43.7 Å². The molecule has 0 unspecified atom stereocenters. The summed E-state index contributed by atoms with van der Waals surface area (Å²) in [4.78, 5) is 17.0. The van der Waals surface area contributed by atoms with Gasteiger partial charge in [-0.3, -0.25) is 4.79 Å². The van der Waals surface area contributed by atoms with Crippen molar-refractivity contribution in [2.45, 2.75) is 31.6 Å². The van der Waals surface area contributed by atoms with E-state index in [1.54, 1.807) is 18.2 Å². The van der Waals surface area contributed by atoms with Crippen LogP contribution in [0.2, 0.25) is 0 Å². The molecule has 1 heterocycles. The van der Waals surface area contributed by atoms with Crippen molar-refractivity contribution in [2.24, 2.45) is 7.05 Å². The highest BCUT2D eigenvalue weighted by Crippen LogP contribution is 2.22. The number of sulfonamides is 1. The van der Waals surface area contributed by atoms with Gasteiger partial charge in [0.15, 0.2) is 0 Å². The van der Waals surface area contributed by atoms with Gasteiger partial charge in [0.2, 0.25) is 15.9 Å². The van der Waals surface area contributed by atoms with E-state index in [9.17, 15) is 13.2 Å². The number of carbonyl (C=O) groups is 1. The Bertz CT molecular complexity index is 1230. The third-order valence-corrected chi connectivity index (χ3v) is 7.12. The molecule has 3 rings (SSSR count). The highest BCUT2D eigenvalue weighted by Gasteiger charge is 2.19. The smallest absolute Gasteiger partial charge is 0.242 e. The lowest BCUT2D eigenvalue weighted by Crippen LogP contribution is -2.28. The second-order valence-corrected chi connectivity index (χ2v) is 10.1. The summed E-state index contributed by atoms with van der Waals surface area (Å²) >= 11 is 0. The molecule has 32 heavy (non-hydrogen) atoms. The molecule has 0 bridgehead atoms. The molecule has 1 N–H and O–H groups in total. The molecule has 0 aliphatic rings. The number of ether oxygens (including phenoxy) is 1. The number of fused-ring (bicyclic) bond motifs is 1. The Morgan fingerprint density at radius 3 is 2.59 bits per heavy atom. The molecule has 0 aliphatic heterocycles. The maximum Gasteiger partial charge on any atom is 0.242 e. The summed E-state index contributed by atoms with van der Waals surface area (Å²) in [5.41, 5.74) is 3.66. The second-order valence-electron chi connectivity index (χ2n) is 7.99. The molecule has 0 fully saturated rings. The van der Waals surface area contributed by atoms with Crippen LogP contribution in [0.25, 0.3) is 11.0 Å². The summed E-state index contributed by atoms with van der Waals surface area (Å²) in [5.74, 6) is 1.46. The standard InChI is InChI=1S/C23H30N4O4S/c1-16-6-9-21(17(2)14-16)31-13-12-24-23(28)11-10-22-25-19-15-18(32(29,30)26(3)4)7-8-20(19)27(22)5/h6-9,14-15H,10-13H2,1-5H3,(H,24,28). The van der Waals surface area contributed by atoms with Gasteiger partial charge in [-0.25, -0.2) is 17.7 Å². The fourth-order valence-corrected chi connectivity index (χ4v) is 4.37. The molecule has 1 amide bonds. The summed E-state index contributed by atoms with van der Waals surface area (Å²) < 4.78 is 33.5. The highest BCUT2D eigenvalue weighted by molar-refractivity contribution is 7.89. The van der Waals surface area contributed by atoms with E-state index in [4.69, 9.17) is 4.74 Å². The van der Waals surface area contributed by atoms with Gasteiger partial charge in [-0.2, -0.15) is 0 Å². The zero-order chi connectivity index (χ0) is 23.5. The molecule has 172 valence electrons. The van der Waals surface area contributed by atoms with E-state index in [1.165, 1.54) is 24.0 Å². The number of rotatable bonds is 9. The molecular formula is C23H30N4O4S. The van der Waals surface area contributed by atoms with Crippen LogP contribution < -0.4 is 10.1 Å². The largest absolute Gasteiger partial charge is 0.491 e. The van der Waals surface area contributed by atoms with Crippen LogP contribution in [0.5, 0.6) is 5.75 Å². The number of aromatic nitrogens is 2. The number of aryl methyl sites for hydroxylation is 4. The Labute approximate surface area is 189 Å². The van der Waals surface area contributed by atoms with Crippen molar-refractivity contribution in [3.05, 3.63) is 53.3 Å². The van der Waals surface area contributed by atoms with Crippen molar-refractivity contribution < 1.29 is 17.9 Å². The van der Waals surface area contributed by atoms with Gasteiger partial charge in [-0.15, -0.1) is 0 Å². The normalized spacial score (nSPS) is 11.8. The molecule has 0 saturated carbocycles. The van der Waals surface area contributed by atoms with E-state index in [1.807, 2.05) is 37.6 Å². The summed E-state index contributed by atoms with van der Waals surface area (Å²) in [6.07, 6.45) is 0.730. The number of amides is 1. The summed E-state index contributed by atoms with van der Waals surface area (Å²) in [6.45, 7) is 4.84. The number of hydrogen-bond donors (Lipinski definition) is 1. The van der Waals surface area contributed by atoms with Gasteiger partial charge >= 0.3 is 0 Å². The first-order chi connectivity index (χ1) is 15.1. The van der Waals surface area contributed by atoms with Gasteiger partial charge in [0.05, 0.1) is 22.5 Å². The van der Waals surface area contributed by atoms with Crippen LogP contribution in [0.4, 0.5) is 0 Å². The van der Waals surface area contributed by atoms with Crippen molar-refractivity contribution in [3.8, 4) is 5.75 Å². The third kappa shape index (κ3) is 5.28. The minimum Gasteiger partial charge on any atom is -0.491 e. The Balaban J connectivity index is 1.55. The number of nitrogens with one attached hydrogen (secondary N) is 1. The zero-order valence-electron chi connectivity index (χ0n) is 19.2. The lowest BCUT2D eigenvalue weighted by molar-refractivity contribution is -0.121. The van der Waals surface area contributed by atoms with Crippen LogP contribution in [-0.4, -0.2) is 55.4 Å². The highest BCUT2D eigenvalue weighted by atomic mass is 32.2. The average molecular weight is 459 g/mol. The van der Waals surface area contributed by atoms with Crippen LogP contribution in [0.15, 0.2) is 41.3 Å². The topological polar surface area (TPSA) is 93.5 Å². The minimum absolute atomic E-state index is 0.0860. The van der Waals surface area contributed by atoms with E-state index < -0.39 is 10.0 Å². The number of hydrogen-bond acceptors (Lipinski definition) is 5. The maximum absolute atomic E-state index is 12.4. The van der Waals surface area contributed by atoms with E-state index in [0.717, 1.165) is 22.7 Å². The summed E-state index contributed by atoms with van der Waals surface area (Å²) in [5, 5.41) is 2.86. The van der Waals surface area contributed by atoms with Crippen LogP contribution in [0.1, 0.15) is 23.4 Å². The van der Waals surface area contributed by atoms with Gasteiger partial charge in [0.25, 0.3) is 0 Å². The Kier molecular flexibility index (Phi) is 7.20. The Morgan fingerprint density at radius 1 is 1.16 bits per heavy atom. The quantitative estimate of drug-likeness (QED) is 0.498. The van der Waals surface area contributed by atoms with E-state index in [0.29, 0.717) is 25.1 Å². The van der Waals surface area contributed by atoms with Crippen molar-refractivity contribution in [1.82, 2.24) is 19.2 Å². The molecule has 1 aromatic heterocycles. The SMILES string of the molecule is Cc1ccc(OCCNC(=O)CCc2nc3cc(S(=O)(=O)N(C)C)ccc3n2C)c(C)c1. The van der Waals surface area contributed by atoms with Crippen molar-refractivity contribution in [1.29, 1.82) is 0 Å². The minimum atomic E-state index is -3.53. The molecule has 0 radical (unpaired) electrons. The summed E-state index contributed by atoms with van der Waals surface area (Å²) in [7, 11) is 1.32. The average Bonchev–Trinajstić information content (AvgIpc) is 3.05. The predicted octanol–water partition coefficient (Wildman–Crippen LogP) is 2.57. The molecule has 3 aromatic rings. The lowest BCUT2D eigenvalue weighted by Gasteiger charge is -2.11. The molecule has 0 atom stereocenters. The third-order valence-electron chi connectivity index (χ3n) is 5.31. The van der Waals surface area contributed by atoms with Crippen molar-refractivity contribution in [2.75, 3.05) is 27.2 Å². The first kappa shape index (κ1) is 23.7. The van der Waals surface area contributed by atoms with Crippen LogP contribution in [-0.2, 0) is 28.3 Å². The van der Waals surface area contributed by atoms with Crippen molar-refractivity contribution >= 4 is 27.0 Å². The Morgan fingerprint density at radius 2 is 1.91 bits per heavy atom. The molecular weight excluding hydrogens is 428 g/mol. The van der Waals surface area contributed by atoms with Gasteiger partial charge in [0.1, 0.15) is 18.2 Å². The first-order valence-corrected chi connectivity index (χ1v) is 11.9. The van der Waals surface area contributed by atoms with Crippen molar-refractivity contribution in [3.63, 3.8) is 0 Å². The molecule has 9 heteroatoms. The summed E-state index contributed by atoms with van der Waals surface area (Å²) in [6, 6.07) is 10.9. The fourth-order valence-electron chi connectivity index (χ4n) is 3.45. The molecule has 0 aliphatic carbocycles. The molecule has 0 spiro atoms. The van der Waals surface area contributed by atoms with Gasteiger partial charge in [0, 0.05) is 34.0 Å². The van der Waals surface area contributed by atoms with E-state index >= 15 is 0 Å². The van der Waals surface area contributed by atoms with Crippen LogP contribution in [0.3, 0.4) is 0 Å². The monoisotopic (exact) mass is 458 g/mol. The van der Waals surface area contributed by atoms with Crippen LogP contribution in [0, 0.1) is 13.8 Å². The first-order valence-electron chi connectivity index (χ1n) is 10.4. The maximum atomic E-state index is 12.4. The number of imidazole rings is 1. The second kappa shape index (κ2) is 9.70. The molecule has 8 nitrogen and oxygen atoms in total. The van der Waals surface area contributed by atoms with Gasteiger partial charge < -0.3 is 14.6 Å². The predicted molar refractivity (Wildman–Crippen MR) is 124 cm³/mol. The zero-order valence-corrected chi connectivity index (χ0v) is 20.0. The lowest BCUT2D eigenvalue weighted by atomic mass is 10.1. The Hall–Kier alpha value is -2.91. The van der Waals surface area contributed by atoms with E-state index in [-0.39, 0.29) is 17.2 Å². The van der Waals surface area contributed by atoms with Crippen LogP contribution >= 0.6 is 0 Å².